The SMILES string of the molecule is CC(C)C1(C(=O)c2ccc(Cl)s2)CCNC1. The van der Waals surface area contributed by atoms with E-state index in [0.29, 0.717) is 10.3 Å². The first-order valence-electron chi connectivity index (χ1n) is 5.57. The number of hydrogen-bond acceptors (Lipinski definition) is 3. The van der Waals surface area contributed by atoms with E-state index >= 15 is 0 Å². The summed E-state index contributed by atoms with van der Waals surface area (Å²) in [6.07, 6.45) is 0.930. The number of carbonyl (C=O) groups excluding carboxylic acids is 1. The Labute approximate surface area is 105 Å². The number of rotatable bonds is 3. The molecule has 1 aliphatic rings. The average Bonchev–Trinajstić information content (AvgIpc) is 2.85. The molecule has 1 saturated heterocycles. The molecule has 1 aliphatic heterocycles. The second kappa shape index (κ2) is 4.47. The molecule has 4 heteroatoms. The summed E-state index contributed by atoms with van der Waals surface area (Å²) in [5.41, 5.74) is -0.228. The molecular formula is C12H16ClNOS. The van der Waals surface area contributed by atoms with Gasteiger partial charge in [-0.25, -0.2) is 0 Å². The van der Waals surface area contributed by atoms with Crippen LogP contribution in [0.4, 0.5) is 0 Å². The summed E-state index contributed by atoms with van der Waals surface area (Å²) in [6.45, 7) is 5.97. The third kappa shape index (κ3) is 1.92. The molecule has 0 saturated carbocycles. The lowest BCUT2D eigenvalue weighted by Crippen LogP contribution is -2.38. The van der Waals surface area contributed by atoms with Crippen LogP contribution in [0.3, 0.4) is 0 Å². The monoisotopic (exact) mass is 257 g/mol. The van der Waals surface area contributed by atoms with Crippen LogP contribution < -0.4 is 5.32 Å². The van der Waals surface area contributed by atoms with Crippen molar-refractivity contribution < 1.29 is 4.79 Å². The number of Topliss-reactive ketones (excluding diaryl/α,β-unsaturated/α-hetero) is 1. The summed E-state index contributed by atoms with van der Waals surface area (Å²) in [7, 11) is 0. The molecule has 1 aromatic heterocycles. The van der Waals surface area contributed by atoms with Crippen LogP contribution in [-0.4, -0.2) is 18.9 Å². The fraction of sp³-hybridized carbons (Fsp3) is 0.583. The molecule has 1 atom stereocenters. The lowest BCUT2D eigenvalue weighted by molar-refractivity contribution is 0.0745. The van der Waals surface area contributed by atoms with E-state index < -0.39 is 0 Å². The van der Waals surface area contributed by atoms with E-state index in [9.17, 15) is 4.79 Å². The Hall–Kier alpha value is -0.380. The lowest BCUT2D eigenvalue weighted by atomic mass is 9.72. The van der Waals surface area contributed by atoms with Crippen molar-refractivity contribution in [2.45, 2.75) is 20.3 Å². The quantitative estimate of drug-likeness (QED) is 0.843. The summed E-state index contributed by atoms with van der Waals surface area (Å²) in [5.74, 6) is 0.611. The summed E-state index contributed by atoms with van der Waals surface area (Å²) in [5, 5.41) is 3.30. The Morgan fingerprint density at radius 1 is 1.56 bits per heavy atom. The van der Waals surface area contributed by atoms with Gasteiger partial charge in [0.15, 0.2) is 5.78 Å². The molecule has 0 amide bonds. The number of hydrogen-bond donors (Lipinski definition) is 1. The van der Waals surface area contributed by atoms with Gasteiger partial charge in [0.2, 0.25) is 0 Å². The predicted octanol–water partition coefficient (Wildman–Crippen LogP) is 3.22. The largest absolute Gasteiger partial charge is 0.316 e. The minimum absolute atomic E-state index is 0.228. The number of halogens is 1. The molecule has 1 N–H and O–H groups in total. The van der Waals surface area contributed by atoms with Gasteiger partial charge in [-0.1, -0.05) is 25.4 Å². The summed E-state index contributed by atoms with van der Waals surface area (Å²) in [4.78, 5) is 13.3. The molecule has 0 aromatic carbocycles. The smallest absolute Gasteiger partial charge is 0.180 e. The van der Waals surface area contributed by atoms with Gasteiger partial charge in [-0.3, -0.25) is 4.79 Å². The van der Waals surface area contributed by atoms with Gasteiger partial charge in [-0.05, 0) is 31.0 Å². The zero-order valence-corrected chi connectivity index (χ0v) is 11.1. The van der Waals surface area contributed by atoms with E-state index in [4.69, 9.17) is 11.6 Å². The van der Waals surface area contributed by atoms with E-state index in [0.717, 1.165) is 24.4 Å². The van der Waals surface area contributed by atoms with Crippen LogP contribution in [0.2, 0.25) is 4.34 Å². The summed E-state index contributed by atoms with van der Waals surface area (Å²) >= 11 is 7.27. The van der Waals surface area contributed by atoms with Crippen LogP contribution in [0.1, 0.15) is 29.9 Å². The molecule has 1 unspecified atom stereocenters. The summed E-state index contributed by atoms with van der Waals surface area (Å²) in [6, 6.07) is 3.65. The topological polar surface area (TPSA) is 29.1 Å². The van der Waals surface area contributed by atoms with Crippen LogP contribution >= 0.6 is 22.9 Å². The van der Waals surface area contributed by atoms with Crippen LogP contribution in [0.25, 0.3) is 0 Å². The fourth-order valence-electron chi connectivity index (χ4n) is 2.34. The number of thiophene rings is 1. The van der Waals surface area contributed by atoms with Crippen LogP contribution in [0.5, 0.6) is 0 Å². The molecule has 2 rings (SSSR count). The molecule has 0 radical (unpaired) electrons. The molecule has 16 heavy (non-hydrogen) atoms. The van der Waals surface area contributed by atoms with Gasteiger partial charge in [-0.2, -0.15) is 0 Å². The molecule has 1 fully saturated rings. The van der Waals surface area contributed by atoms with E-state index in [-0.39, 0.29) is 11.2 Å². The minimum Gasteiger partial charge on any atom is -0.316 e. The highest BCUT2D eigenvalue weighted by Crippen LogP contribution is 2.39. The number of ketones is 1. The van der Waals surface area contributed by atoms with Crippen molar-refractivity contribution in [3.8, 4) is 0 Å². The molecule has 0 bridgehead atoms. The van der Waals surface area contributed by atoms with E-state index in [2.05, 4.69) is 19.2 Å². The van der Waals surface area contributed by atoms with Crippen molar-refractivity contribution in [1.29, 1.82) is 0 Å². The highest BCUT2D eigenvalue weighted by atomic mass is 35.5. The van der Waals surface area contributed by atoms with E-state index in [1.54, 1.807) is 6.07 Å². The third-order valence-electron chi connectivity index (χ3n) is 3.54. The van der Waals surface area contributed by atoms with Crippen LogP contribution in [-0.2, 0) is 0 Å². The molecule has 0 aliphatic carbocycles. The third-order valence-corrected chi connectivity index (χ3v) is 4.77. The number of nitrogens with one attached hydrogen (secondary N) is 1. The zero-order valence-electron chi connectivity index (χ0n) is 9.55. The van der Waals surface area contributed by atoms with Gasteiger partial charge < -0.3 is 5.32 Å². The van der Waals surface area contributed by atoms with Gasteiger partial charge in [-0.15, -0.1) is 11.3 Å². The van der Waals surface area contributed by atoms with Crippen molar-refractivity contribution in [3.05, 3.63) is 21.3 Å². The van der Waals surface area contributed by atoms with Gasteiger partial charge in [0.25, 0.3) is 0 Å². The van der Waals surface area contributed by atoms with Gasteiger partial charge in [0.1, 0.15) is 0 Å². The summed E-state index contributed by atoms with van der Waals surface area (Å²) < 4.78 is 0.688. The van der Waals surface area contributed by atoms with Crippen molar-refractivity contribution in [1.82, 2.24) is 5.32 Å². The molecule has 1 aromatic rings. The molecule has 88 valence electrons. The van der Waals surface area contributed by atoms with Crippen molar-refractivity contribution in [3.63, 3.8) is 0 Å². The fourth-order valence-corrected chi connectivity index (χ4v) is 3.43. The highest BCUT2D eigenvalue weighted by molar-refractivity contribution is 7.18. The Balaban J connectivity index is 2.31. The Morgan fingerprint density at radius 2 is 2.31 bits per heavy atom. The van der Waals surface area contributed by atoms with E-state index in [1.165, 1.54) is 11.3 Å². The zero-order chi connectivity index (χ0) is 11.8. The molecule has 0 spiro atoms. The highest BCUT2D eigenvalue weighted by Gasteiger charge is 2.44. The first-order chi connectivity index (χ1) is 7.56. The van der Waals surface area contributed by atoms with Crippen LogP contribution in [0, 0.1) is 11.3 Å². The van der Waals surface area contributed by atoms with Crippen molar-refractivity contribution in [2.24, 2.45) is 11.3 Å². The first-order valence-corrected chi connectivity index (χ1v) is 6.76. The lowest BCUT2D eigenvalue weighted by Gasteiger charge is -2.30. The van der Waals surface area contributed by atoms with Gasteiger partial charge in [0.05, 0.1) is 14.6 Å². The minimum atomic E-state index is -0.228. The van der Waals surface area contributed by atoms with Gasteiger partial charge >= 0.3 is 0 Å². The van der Waals surface area contributed by atoms with E-state index in [1.807, 2.05) is 6.07 Å². The molecule has 2 heterocycles. The average molecular weight is 258 g/mol. The predicted molar refractivity (Wildman–Crippen MR) is 68.4 cm³/mol. The Kier molecular flexibility index (Phi) is 3.38. The van der Waals surface area contributed by atoms with Crippen molar-refractivity contribution in [2.75, 3.05) is 13.1 Å². The second-order valence-corrected chi connectivity index (χ2v) is 6.39. The maximum Gasteiger partial charge on any atom is 0.180 e. The molecular weight excluding hydrogens is 242 g/mol. The standard InChI is InChI=1S/C12H16ClNOS/c1-8(2)12(5-6-14-7-12)11(15)9-3-4-10(13)16-9/h3-4,8,14H,5-7H2,1-2H3. The van der Waals surface area contributed by atoms with Crippen LogP contribution in [0.15, 0.2) is 12.1 Å². The van der Waals surface area contributed by atoms with Gasteiger partial charge in [0, 0.05) is 6.54 Å². The Bertz CT molecular complexity index is 393. The number of carbonyl (C=O) groups is 1. The first kappa shape index (κ1) is 12.1. The normalized spacial score (nSPS) is 25.2. The molecule has 2 nitrogen and oxygen atoms in total. The Morgan fingerprint density at radius 3 is 2.75 bits per heavy atom. The van der Waals surface area contributed by atoms with Crippen molar-refractivity contribution >= 4 is 28.7 Å². The maximum atomic E-state index is 12.5. The second-order valence-electron chi connectivity index (χ2n) is 4.67. The maximum absolute atomic E-state index is 12.5.